The summed E-state index contributed by atoms with van der Waals surface area (Å²) in [7, 11) is 5.80. The van der Waals surface area contributed by atoms with E-state index in [1.807, 2.05) is 49.1 Å². The molecule has 2 aromatic carbocycles. The molecule has 0 bridgehead atoms. The third-order valence-corrected chi connectivity index (χ3v) is 3.76. The van der Waals surface area contributed by atoms with E-state index >= 15 is 0 Å². The lowest BCUT2D eigenvalue weighted by molar-refractivity contribution is -0.384. The number of hydrogen-bond donors (Lipinski definition) is 1. The van der Waals surface area contributed by atoms with Gasteiger partial charge in [0.1, 0.15) is 0 Å². The third kappa shape index (κ3) is 5.02. The van der Waals surface area contributed by atoms with Crippen LogP contribution >= 0.6 is 0 Å². The van der Waals surface area contributed by atoms with Crippen LogP contribution in [0.5, 0.6) is 0 Å². The average Bonchev–Trinajstić information content (AvgIpc) is 2.59. The van der Waals surface area contributed by atoms with Crippen LogP contribution in [0.3, 0.4) is 0 Å². The highest BCUT2D eigenvalue weighted by atomic mass is 16.6. The Kier molecular flexibility index (Phi) is 6.08. The largest absolute Gasteiger partial charge is 0.373 e. The number of hydrogen-bond acceptors (Lipinski definition) is 5. The summed E-state index contributed by atoms with van der Waals surface area (Å²) in [5.41, 5.74) is 1.46. The van der Waals surface area contributed by atoms with E-state index in [1.54, 1.807) is 18.2 Å². The number of para-hydroxylation sites is 1. The number of benzene rings is 2. The molecule has 0 aliphatic carbocycles. The zero-order chi connectivity index (χ0) is 18.4. The van der Waals surface area contributed by atoms with Gasteiger partial charge in [0.25, 0.3) is 11.6 Å². The Morgan fingerprint density at radius 2 is 1.76 bits per heavy atom. The molecule has 7 nitrogen and oxygen atoms in total. The predicted octanol–water partition coefficient (Wildman–Crippen LogP) is 2.84. The topological polar surface area (TPSA) is 78.7 Å². The maximum absolute atomic E-state index is 12.7. The maximum Gasteiger partial charge on any atom is 0.270 e. The molecule has 7 heteroatoms. The molecule has 0 aromatic heterocycles. The molecule has 0 fully saturated rings. The number of rotatable bonds is 7. The lowest BCUT2D eigenvalue weighted by Gasteiger charge is -2.23. The van der Waals surface area contributed by atoms with Gasteiger partial charge in [-0.25, -0.2) is 0 Å². The van der Waals surface area contributed by atoms with Gasteiger partial charge in [0.15, 0.2) is 0 Å². The van der Waals surface area contributed by atoms with Gasteiger partial charge in [-0.15, -0.1) is 0 Å². The van der Waals surface area contributed by atoms with Crippen LogP contribution in [-0.4, -0.2) is 50.0 Å². The van der Waals surface area contributed by atoms with Gasteiger partial charge in [-0.05, 0) is 32.3 Å². The minimum Gasteiger partial charge on any atom is -0.373 e. The number of non-ortho nitro benzene ring substituents is 1. The number of amides is 1. The van der Waals surface area contributed by atoms with Gasteiger partial charge < -0.3 is 15.1 Å². The Labute approximate surface area is 147 Å². The Balaban J connectivity index is 2.32. The van der Waals surface area contributed by atoms with E-state index in [0.717, 1.165) is 6.54 Å². The van der Waals surface area contributed by atoms with Crippen LogP contribution in [0.25, 0.3) is 0 Å². The van der Waals surface area contributed by atoms with Crippen molar-refractivity contribution in [2.45, 2.75) is 0 Å². The van der Waals surface area contributed by atoms with Gasteiger partial charge in [-0.1, -0.05) is 18.2 Å². The lowest BCUT2D eigenvalue weighted by atomic mass is 10.1. The smallest absolute Gasteiger partial charge is 0.270 e. The number of nitro groups is 1. The summed E-state index contributed by atoms with van der Waals surface area (Å²) in [6.45, 7) is 1.49. The monoisotopic (exact) mass is 342 g/mol. The van der Waals surface area contributed by atoms with E-state index in [0.29, 0.717) is 17.9 Å². The second-order valence-electron chi connectivity index (χ2n) is 6.00. The van der Waals surface area contributed by atoms with Gasteiger partial charge in [0.05, 0.1) is 10.5 Å². The molecule has 0 atom stereocenters. The van der Waals surface area contributed by atoms with Crippen molar-refractivity contribution in [1.82, 2.24) is 4.90 Å². The third-order valence-electron chi connectivity index (χ3n) is 3.76. The minimum absolute atomic E-state index is 0.108. The standard InChI is InChI=1S/C18H22N4O3/c1-20(2)11-12-21(3)17-10-9-15(22(24)25)13-16(17)18(23)19-14-7-5-4-6-8-14/h4-10,13H,11-12H2,1-3H3,(H,19,23). The van der Waals surface area contributed by atoms with E-state index < -0.39 is 4.92 Å². The van der Waals surface area contributed by atoms with Crippen molar-refractivity contribution in [2.24, 2.45) is 0 Å². The molecule has 0 saturated heterocycles. The van der Waals surface area contributed by atoms with Crippen molar-refractivity contribution < 1.29 is 9.72 Å². The molecular weight excluding hydrogens is 320 g/mol. The fraction of sp³-hybridized carbons (Fsp3) is 0.278. The van der Waals surface area contributed by atoms with Crippen molar-refractivity contribution in [3.63, 3.8) is 0 Å². The van der Waals surface area contributed by atoms with Crippen LogP contribution < -0.4 is 10.2 Å². The number of anilines is 2. The van der Waals surface area contributed by atoms with E-state index in [4.69, 9.17) is 0 Å². The zero-order valence-electron chi connectivity index (χ0n) is 14.6. The minimum atomic E-state index is -0.497. The summed E-state index contributed by atoms with van der Waals surface area (Å²) in [5.74, 6) is -0.374. The van der Waals surface area contributed by atoms with Crippen LogP contribution in [0, 0.1) is 10.1 Å². The molecule has 2 aromatic rings. The Morgan fingerprint density at radius 3 is 2.36 bits per heavy atom. The van der Waals surface area contributed by atoms with Crippen molar-refractivity contribution in [2.75, 3.05) is 44.4 Å². The van der Waals surface area contributed by atoms with E-state index in [1.165, 1.54) is 12.1 Å². The lowest BCUT2D eigenvalue weighted by Crippen LogP contribution is -2.30. The molecule has 25 heavy (non-hydrogen) atoms. The zero-order valence-corrected chi connectivity index (χ0v) is 14.6. The summed E-state index contributed by atoms with van der Waals surface area (Å²) in [6, 6.07) is 13.4. The van der Waals surface area contributed by atoms with Crippen LogP contribution in [0.1, 0.15) is 10.4 Å². The highest BCUT2D eigenvalue weighted by molar-refractivity contribution is 6.08. The highest BCUT2D eigenvalue weighted by Gasteiger charge is 2.19. The van der Waals surface area contributed by atoms with Gasteiger partial charge in [0, 0.05) is 43.6 Å². The average molecular weight is 342 g/mol. The molecule has 0 aliphatic rings. The van der Waals surface area contributed by atoms with Gasteiger partial charge in [-0.3, -0.25) is 14.9 Å². The molecule has 0 aliphatic heterocycles. The predicted molar refractivity (Wildman–Crippen MR) is 99.3 cm³/mol. The molecule has 0 spiro atoms. The quantitative estimate of drug-likeness (QED) is 0.618. The van der Waals surface area contributed by atoms with Gasteiger partial charge in [0.2, 0.25) is 0 Å². The first-order valence-electron chi connectivity index (χ1n) is 7.89. The van der Waals surface area contributed by atoms with Gasteiger partial charge >= 0.3 is 0 Å². The first-order valence-corrected chi connectivity index (χ1v) is 7.89. The molecule has 1 amide bonds. The molecule has 132 valence electrons. The summed E-state index contributed by atoms with van der Waals surface area (Å²) >= 11 is 0. The number of nitrogens with one attached hydrogen (secondary N) is 1. The molecule has 0 unspecified atom stereocenters. The first kappa shape index (κ1) is 18.4. The van der Waals surface area contributed by atoms with E-state index in [-0.39, 0.29) is 17.2 Å². The fourth-order valence-electron chi connectivity index (χ4n) is 2.34. The number of carbonyl (C=O) groups excluding carboxylic acids is 1. The molecule has 2 rings (SSSR count). The maximum atomic E-state index is 12.7. The second-order valence-corrected chi connectivity index (χ2v) is 6.00. The normalized spacial score (nSPS) is 10.6. The van der Waals surface area contributed by atoms with Gasteiger partial charge in [-0.2, -0.15) is 0 Å². The number of likely N-dealkylation sites (N-methyl/N-ethyl adjacent to an activating group) is 2. The van der Waals surface area contributed by atoms with Crippen molar-refractivity contribution >= 4 is 23.0 Å². The molecule has 0 heterocycles. The van der Waals surface area contributed by atoms with Crippen molar-refractivity contribution in [3.8, 4) is 0 Å². The summed E-state index contributed by atoms with van der Waals surface area (Å²) in [4.78, 5) is 27.2. The Morgan fingerprint density at radius 1 is 1.08 bits per heavy atom. The molecule has 1 N–H and O–H groups in total. The number of carbonyl (C=O) groups is 1. The molecule has 0 saturated carbocycles. The Hall–Kier alpha value is -2.93. The van der Waals surface area contributed by atoms with E-state index in [2.05, 4.69) is 5.32 Å². The van der Waals surface area contributed by atoms with Crippen LogP contribution in [-0.2, 0) is 0 Å². The molecule has 0 radical (unpaired) electrons. The number of nitro benzene ring substituents is 1. The summed E-state index contributed by atoms with van der Waals surface area (Å²) < 4.78 is 0. The fourth-order valence-corrected chi connectivity index (χ4v) is 2.34. The van der Waals surface area contributed by atoms with Crippen molar-refractivity contribution in [1.29, 1.82) is 0 Å². The van der Waals surface area contributed by atoms with Crippen LogP contribution in [0.15, 0.2) is 48.5 Å². The van der Waals surface area contributed by atoms with E-state index in [9.17, 15) is 14.9 Å². The first-order chi connectivity index (χ1) is 11.9. The summed E-state index contributed by atoms with van der Waals surface area (Å²) in [5, 5.41) is 13.9. The highest BCUT2D eigenvalue weighted by Crippen LogP contribution is 2.26. The SMILES string of the molecule is CN(C)CCN(C)c1ccc([N+](=O)[O-])cc1C(=O)Nc1ccccc1. The number of nitrogens with zero attached hydrogens (tertiary/aromatic N) is 3. The molecular formula is C18H22N4O3. The van der Waals surface area contributed by atoms with Crippen LogP contribution in [0.2, 0.25) is 0 Å². The Bertz CT molecular complexity index is 747. The van der Waals surface area contributed by atoms with Crippen LogP contribution in [0.4, 0.5) is 17.1 Å². The second kappa shape index (κ2) is 8.25. The van der Waals surface area contributed by atoms with Crippen molar-refractivity contribution in [3.05, 3.63) is 64.2 Å². The summed E-state index contributed by atoms with van der Waals surface area (Å²) in [6.07, 6.45) is 0.